The standard InChI is InChI=1S/C13H13N3O4S/c14-8-2-1-3-9(6-8)21(18,19)10-4-5-11(15)12(7-10)20-13(16)17/h1-7H,14-15H2,(H2,16,17). The molecule has 0 bridgehead atoms. The fourth-order valence-corrected chi connectivity index (χ4v) is 3.03. The fourth-order valence-electron chi connectivity index (χ4n) is 1.70. The maximum atomic E-state index is 12.5. The number of hydrogen-bond donors (Lipinski definition) is 3. The van der Waals surface area contributed by atoms with Gasteiger partial charge in [0.05, 0.1) is 15.5 Å². The predicted molar refractivity (Wildman–Crippen MR) is 77.4 cm³/mol. The van der Waals surface area contributed by atoms with Gasteiger partial charge in [-0.05, 0) is 30.3 Å². The monoisotopic (exact) mass is 307 g/mol. The summed E-state index contributed by atoms with van der Waals surface area (Å²) in [5.41, 5.74) is 16.5. The van der Waals surface area contributed by atoms with E-state index in [-0.39, 0.29) is 21.2 Å². The van der Waals surface area contributed by atoms with E-state index in [1.54, 1.807) is 6.07 Å². The SMILES string of the molecule is NC(=O)Oc1cc(S(=O)(=O)c2cccc(N)c2)ccc1N. The minimum atomic E-state index is -3.80. The number of nitrogen functional groups attached to an aromatic ring is 2. The highest BCUT2D eigenvalue weighted by Gasteiger charge is 2.20. The summed E-state index contributed by atoms with van der Waals surface area (Å²) in [6, 6.07) is 9.61. The minimum absolute atomic E-state index is 0.0253. The zero-order chi connectivity index (χ0) is 15.6. The second-order valence-corrected chi connectivity index (χ2v) is 6.15. The average Bonchev–Trinajstić information content (AvgIpc) is 2.40. The van der Waals surface area contributed by atoms with Gasteiger partial charge in [0.15, 0.2) is 5.75 Å². The Hall–Kier alpha value is -2.74. The van der Waals surface area contributed by atoms with Crippen LogP contribution in [0.4, 0.5) is 16.2 Å². The Labute approximate surface area is 121 Å². The van der Waals surface area contributed by atoms with Gasteiger partial charge in [0.2, 0.25) is 9.84 Å². The molecule has 0 heterocycles. The molecule has 21 heavy (non-hydrogen) atoms. The predicted octanol–water partition coefficient (Wildman–Crippen LogP) is 1.14. The Morgan fingerprint density at radius 3 is 2.29 bits per heavy atom. The summed E-state index contributed by atoms with van der Waals surface area (Å²) in [7, 11) is -3.80. The normalized spacial score (nSPS) is 11.0. The number of carbonyl (C=O) groups is 1. The number of hydrogen-bond acceptors (Lipinski definition) is 6. The van der Waals surface area contributed by atoms with Crippen molar-refractivity contribution in [2.45, 2.75) is 9.79 Å². The number of nitrogens with two attached hydrogens (primary N) is 3. The van der Waals surface area contributed by atoms with E-state index in [0.717, 1.165) is 6.07 Å². The van der Waals surface area contributed by atoms with E-state index in [0.29, 0.717) is 5.69 Å². The molecule has 0 saturated heterocycles. The zero-order valence-corrected chi connectivity index (χ0v) is 11.6. The van der Waals surface area contributed by atoms with Crippen molar-refractivity contribution in [1.82, 2.24) is 0 Å². The smallest absolute Gasteiger partial charge is 0.408 e. The van der Waals surface area contributed by atoms with Crippen LogP contribution >= 0.6 is 0 Å². The third-order valence-corrected chi connectivity index (χ3v) is 4.42. The molecule has 0 fully saturated rings. The molecule has 0 saturated carbocycles. The van der Waals surface area contributed by atoms with E-state index in [2.05, 4.69) is 4.74 Å². The first-order valence-corrected chi connectivity index (χ1v) is 7.26. The maximum absolute atomic E-state index is 12.5. The van der Waals surface area contributed by atoms with Crippen LogP contribution in [0.15, 0.2) is 52.3 Å². The van der Waals surface area contributed by atoms with Crippen LogP contribution in [0.25, 0.3) is 0 Å². The molecule has 6 N–H and O–H groups in total. The van der Waals surface area contributed by atoms with Gasteiger partial charge >= 0.3 is 6.09 Å². The van der Waals surface area contributed by atoms with E-state index in [4.69, 9.17) is 17.2 Å². The van der Waals surface area contributed by atoms with Gasteiger partial charge in [-0.3, -0.25) is 0 Å². The van der Waals surface area contributed by atoms with Gasteiger partial charge in [0.25, 0.3) is 0 Å². The second-order valence-electron chi connectivity index (χ2n) is 4.20. The largest absolute Gasteiger partial charge is 0.410 e. The molecule has 8 heteroatoms. The molecule has 2 aromatic carbocycles. The number of carbonyl (C=O) groups excluding carboxylic acids is 1. The van der Waals surface area contributed by atoms with E-state index in [1.807, 2.05) is 0 Å². The van der Waals surface area contributed by atoms with Crippen LogP contribution in [0, 0.1) is 0 Å². The molecule has 0 spiro atoms. The van der Waals surface area contributed by atoms with Crippen molar-refractivity contribution >= 4 is 27.3 Å². The zero-order valence-electron chi connectivity index (χ0n) is 10.8. The highest BCUT2D eigenvalue weighted by atomic mass is 32.2. The van der Waals surface area contributed by atoms with Crippen LogP contribution in [0.3, 0.4) is 0 Å². The topological polar surface area (TPSA) is 138 Å². The number of primary amides is 1. The number of anilines is 2. The Morgan fingerprint density at radius 2 is 1.67 bits per heavy atom. The quantitative estimate of drug-likeness (QED) is 0.727. The molecule has 0 aromatic heterocycles. The number of ether oxygens (including phenoxy) is 1. The Morgan fingerprint density at radius 1 is 1.00 bits per heavy atom. The lowest BCUT2D eigenvalue weighted by atomic mass is 10.3. The Kier molecular flexibility index (Phi) is 3.72. The first-order valence-electron chi connectivity index (χ1n) is 5.78. The van der Waals surface area contributed by atoms with Gasteiger partial charge in [0, 0.05) is 11.8 Å². The van der Waals surface area contributed by atoms with Crippen molar-refractivity contribution in [3.05, 3.63) is 42.5 Å². The maximum Gasteiger partial charge on any atom is 0.410 e. The highest BCUT2D eigenvalue weighted by molar-refractivity contribution is 7.91. The van der Waals surface area contributed by atoms with Crippen LogP contribution < -0.4 is 21.9 Å². The highest BCUT2D eigenvalue weighted by Crippen LogP contribution is 2.29. The summed E-state index contributed by atoms with van der Waals surface area (Å²) < 4.78 is 29.6. The van der Waals surface area contributed by atoms with Crippen molar-refractivity contribution in [1.29, 1.82) is 0 Å². The summed E-state index contributed by atoms with van der Waals surface area (Å²) in [6.07, 6.45) is -1.08. The van der Waals surface area contributed by atoms with Gasteiger partial charge in [-0.2, -0.15) is 0 Å². The van der Waals surface area contributed by atoms with Crippen molar-refractivity contribution in [3.8, 4) is 5.75 Å². The molecule has 0 aliphatic carbocycles. The molecule has 110 valence electrons. The van der Waals surface area contributed by atoms with Gasteiger partial charge < -0.3 is 21.9 Å². The third-order valence-electron chi connectivity index (χ3n) is 2.67. The molecule has 2 rings (SSSR count). The van der Waals surface area contributed by atoms with E-state index in [1.165, 1.54) is 30.3 Å². The van der Waals surface area contributed by atoms with Crippen LogP contribution in [-0.2, 0) is 9.84 Å². The third kappa shape index (κ3) is 3.06. The first-order chi connectivity index (χ1) is 9.80. The summed E-state index contributed by atoms with van der Waals surface area (Å²) in [5, 5.41) is 0. The number of benzene rings is 2. The Balaban J connectivity index is 2.53. The van der Waals surface area contributed by atoms with E-state index < -0.39 is 15.9 Å². The van der Waals surface area contributed by atoms with Gasteiger partial charge in [-0.15, -0.1) is 0 Å². The Bertz CT molecular complexity index is 803. The van der Waals surface area contributed by atoms with Crippen molar-refractivity contribution < 1.29 is 17.9 Å². The number of rotatable bonds is 3. The first kappa shape index (κ1) is 14.7. The molecule has 7 nitrogen and oxygen atoms in total. The molecule has 0 aliphatic rings. The molecular weight excluding hydrogens is 294 g/mol. The minimum Gasteiger partial charge on any atom is -0.408 e. The van der Waals surface area contributed by atoms with E-state index in [9.17, 15) is 13.2 Å². The lowest BCUT2D eigenvalue weighted by Crippen LogP contribution is -2.17. The summed E-state index contributed by atoms with van der Waals surface area (Å²) in [5.74, 6) is -0.118. The molecule has 0 radical (unpaired) electrons. The summed E-state index contributed by atoms with van der Waals surface area (Å²) in [6.45, 7) is 0. The fraction of sp³-hybridized carbons (Fsp3) is 0. The molecule has 2 aromatic rings. The lowest BCUT2D eigenvalue weighted by molar-refractivity contribution is 0.211. The van der Waals surface area contributed by atoms with Crippen molar-refractivity contribution in [2.75, 3.05) is 11.5 Å². The lowest BCUT2D eigenvalue weighted by Gasteiger charge is -2.09. The van der Waals surface area contributed by atoms with Crippen LogP contribution in [0.1, 0.15) is 0 Å². The number of sulfone groups is 1. The van der Waals surface area contributed by atoms with Crippen molar-refractivity contribution in [2.24, 2.45) is 5.73 Å². The average molecular weight is 307 g/mol. The van der Waals surface area contributed by atoms with Crippen LogP contribution in [-0.4, -0.2) is 14.5 Å². The second kappa shape index (κ2) is 5.33. The van der Waals surface area contributed by atoms with Gasteiger partial charge in [-0.1, -0.05) is 6.07 Å². The molecule has 0 unspecified atom stereocenters. The summed E-state index contributed by atoms with van der Waals surface area (Å²) in [4.78, 5) is 10.7. The molecule has 1 amide bonds. The molecular formula is C13H13N3O4S. The molecule has 0 atom stereocenters. The summed E-state index contributed by atoms with van der Waals surface area (Å²) >= 11 is 0. The van der Waals surface area contributed by atoms with Crippen LogP contribution in [0.5, 0.6) is 5.75 Å². The van der Waals surface area contributed by atoms with Gasteiger partial charge in [-0.25, -0.2) is 13.2 Å². The van der Waals surface area contributed by atoms with Gasteiger partial charge in [0.1, 0.15) is 0 Å². The molecule has 0 aliphatic heterocycles. The van der Waals surface area contributed by atoms with E-state index >= 15 is 0 Å². The number of amides is 1. The van der Waals surface area contributed by atoms with Crippen molar-refractivity contribution in [3.63, 3.8) is 0 Å². The van der Waals surface area contributed by atoms with Crippen LogP contribution in [0.2, 0.25) is 0 Å².